The summed E-state index contributed by atoms with van der Waals surface area (Å²) in [6.45, 7) is 8.87. The second kappa shape index (κ2) is 14.9. The van der Waals surface area contributed by atoms with Crippen LogP contribution in [0.5, 0.6) is 0 Å². The van der Waals surface area contributed by atoms with E-state index >= 15 is 0 Å². The van der Waals surface area contributed by atoms with E-state index in [2.05, 4.69) is 0 Å². The Kier molecular flexibility index (Phi) is 12.9. The summed E-state index contributed by atoms with van der Waals surface area (Å²) >= 11 is 0. The van der Waals surface area contributed by atoms with Gasteiger partial charge in [-0.25, -0.2) is 0 Å². The van der Waals surface area contributed by atoms with Crippen LogP contribution in [0.2, 0.25) is 0 Å². The van der Waals surface area contributed by atoms with Crippen molar-refractivity contribution in [2.75, 3.05) is 33.0 Å². The maximum absolute atomic E-state index is 10.9. The van der Waals surface area contributed by atoms with Gasteiger partial charge in [0.25, 0.3) is 0 Å². The van der Waals surface area contributed by atoms with E-state index in [4.69, 9.17) is 18.9 Å². The van der Waals surface area contributed by atoms with Crippen LogP contribution in [-0.4, -0.2) is 62.4 Å². The van der Waals surface area contributed by atoms with Crippen molar-refractivity contribution in [2.45, 2.75) is 46.0 Å². The van der Waals surface area contributed by atoms with E-state index in [-0.39, 0.29) is 18.2 Å². The lowest BCUT2D eigenvalue weighted by Gasteiger charge is -2.13. The molecule has 0 aliphatic heterocycles. The summed E-state index contributed by atoms with van der Waals surface area (Å²) in [7, 11) is 0. The highest BCUT2D eigenvalue weighted by molar-refractivity contribution is 5.66. The highest BCUT2D eigenvalue weighted by Gasteiger charge is 2.05. The van der Waals surface area contributed by atoms with Gasteiger partial charge in [0.15, 0.2) is 0 Å². The summed E-state index contributed by atoms with van der Waals surface area (Å²) < 4.78 is 21.5. The topological polar surface area (TPSA) is 74.2 Å². The highest BCUT2D eigenvalue weighted by atomic mass is 16.6. The molecule has 6 nitrogen and oxygen atoms in total. The molecule has 162 valence electrons. The Hall–Kier alpha value is -1.99. The van der Waals surface area contributed by atoms with Gasteiger partial charge in [0, 0.05) is 6.92 Å². The average Bonchev–Trinajstić information content (AvgIpc) is 2.66. The number of aliphatic hydroxyl groups excluding tert-OH is 1. The minimum absolute atomic E-state index is 0.0585. The van der Waals surface area contributed by atoms with Crippen LogP contribution in [0.15, 0.2) is 36.4 Å². The molecule has 0 spiro atoms. The summed E-state index contributed by atoms with van der Waals surface area (Å²) in [6, 6.07) is 8.04. The molecule has 0 aliphatic carbocycles. The molecule has 0 radical (unpaired) electrons. The molecule has 0 bridgehead atoms. The maximum Gasteiger partial charge on any atom is 0.302 e. The molecule has 6 heteroatoms. The van der Waals surface area contributed by atoms with E-state index < -0.39 is 6.10 Å². The van der Waals surface area contributed by atoms with Crippen molar-refractivity contribution in [2.24, 2.45) is 0 Å². The van der Waals surface area contributed by atoms with E-state index in [9.17, 15) is 9.90 Å². The van der Waals surface area contributed by atoms with Gasteiger partial charge in [-0.05, 0) is 31.9 Å². The Morgan fingerprint density at radius 1 is 0.931 bits per heavy atom. The summed E-state index contributed by atoms with van der Waals surface area (Å²) in [6.07, 6.45) is 7.14. The second-order valence-corrected chi connectivity index (χ2v) is 6.92. The van der Waals surface area contributed by atoms with Crippen molar-refractivity contribution < 1.29 is 28.8 Å². The minimum Gasteiger partial charge on any atom is -0.460 e. The van der Waals surface area contributed by atoms with Gasteiger partial charge in [-0.2, -0.15) is 0 Å². The zero-order valence-corrected chi connectivity index (χ0v) is 17.9. The van der Waals surface area contributed by atoms with Crippen molar-refractivity contribution >= 4 is 18.1 Å². The van der Waals surface area contributed by atoms with Gasteiger partial charge < -0.3 is 24.1 Å². The lowest BCUT2D eigenvalue weighted by molar-refractivity contribution is -0.148. The molecule has 3 unspecified atom stereocenters. The summed E-state index contributed by atoms with van der Waals surface area (Å²) in [5.41, 5.74) is 2.16. The van der Waals surface area contributed by atoms with Crippen LogP contribution in [0, 0.1) is 0 Å². The van der Waals surface area contributed by atoms with Crippen molar-refractivity contribution in [3.8, 4) is 0 Å². The maximum atomic E-state index is 10.9. The SMILES string of the molecule is CC(=O)OC(C)COC/C=C/c1ccccc1/C=C/COCC(C)OCC(C)O. The molecular weight excluding hydrogens is 372 g/mol. The summed E-state index contributed by atoms with van der Waals surface area (Å²) in [5, 5.41) is 9.20. The molecule has 0 saturated heterocycles. The largest absolute Gasteiger partial charge is 0.460 e. The van der Waals surface area contributed by atoms with Crippen LogP contribution >= 0.6 is 0 Å². The van der Waals surface area contributed by atoms with Crippen molar-refractivity contribution in [1.82, 2.24) is 0 Å². The van der Waals surface area contributed by atoms with E-state index in [1.165, 1.54) is 6.92 Å². The van der Waals surface area contributed by atoms with E-state index in [0.29, 0.717) is 33.0 Å². The third-order valence-corrected chi connectivity index (χ3v) is 3.71. The molecule has 29 heavy (non-hydrogen) atoms. The Bertz CT molecular complexity index is 638. The van der Waals surface area contributed by atoms with E-state index in [0.717, 1.165) is 11.1 Å². The fraction of sp³-hybridized carbons (Fsp3) is 0.522. The normalized spacial score (nSPS) is 14.9. The molecule has 1 rings (SSSR count). The molecule has 0 saturated carbocycles. The third kappa shape index (κ3) is 13.0. The molecule has 0 aromatic heterocycles. The fourth-order valence-corrected chi connectivity index (χ4v) is 2.44. The number of hydrogen-bond donors (Lipinski definition) is 1. The molecule has 1 aromatic carbocycles. The first-order valence-corrected chi connectivity index (χ1v) is 9.93. The molecular formula is C23H34O6. The molecule has 0 amide bonds. The smallest absolute Gasteiger partial charge is 0.302 e. The second-order valence-electron chi connectivity index (χ2n) is 6.92. The van der Waals surface area contributed by atoms with Gasteiger partial charge in [-0.15, -0.1) is 0 Å². The Labute approximate surface area is 174 Å². The van der Waals surface area contributed by atoms with Gasteiger partial charge in [0.2, 0.25) is 0 Å². The Morgan fingerprint density at radius 2 is 1.45 bits per heavy atom. The lowest BCUT2D eigenvalue weighted by atomic mass is 10.1. The van der Waals surface area contributed by atoms with Crippen LogP contribution in [0.1, 0.15) is 38.8 Å². The predicted molar refractivity (Wildman–Crippen MR) is 114 cm³/mol. The molecule has 1 N–H and O–H groups in total. The first-order valence-electron chi connectivity index (χ1n) is 9.93. The number of rotatable bonds is 14. The third-order valence-electron chi connectivity index (χ3n) is 3.71. The minimum atomic E-state index is -0.468. The quantitative estimate of drug-likeness (QED) is 0.377. The fourth-order valence-electron chi connectivity index (χ4n) is 2.44. The highest BCUT2D eigenvalue weighted by Crippen LogP contribution is 2.12. The molecule has 3 atom stereocenters. The number of benzene rings is 1. The van der Waals surface area contributed by atoms with Crippen LogP contribution in [-0.2, 0) is 23.7 Å². The molecule has 0 heterocycles. The van der Waals surface area contributed by atoms with Crippen LogP contribution in [0.3, 0.4) is 0 Å². The molecule has 0 aliphatic rings. The average molecular weight is 407 g/mol. The van der Waals surface area contributed by atoms with Crippen molar-refractivity contribution in [3.63, 3.8) is 0 Å². The summed E-state index contributed by atoms with van der Waals surface area (Å²) in [5.74, 6) is -0.303. The van der Waals surface area contributed by atoms with Crippen LogP contribution in [0.4, 0.5) is 0 Å². The number of carbonyl (C=O) groups is 1. The summed E-state index contributed by atoms with van der Waals surface area (Å²) in [4.78, 5) is 10.9. The van der Waals surface area contributed by atoms with E-state index in [1.54, 1.807) is 13.8 Å². The predicted octanol–water partition coefficient (Wildman–Crippen LogP) is 3.48. The lowest BCUT2D eigenvalue weighted by Crippen LogP contribution is -2.21. The van der Waals surface area contributed by atoms with Gasteiger partial charge in [0.05, 0.1) is 45.2 Å². The van der Waals surface area contributed by atoms with Gasteiger partial charge in [-0.3, -0.25) is 4.79 Å². The van der Waals surface area contributed by atoms with Gasteiger partial charge in [-0.1, -0.05) is 48.6 Å². The standard InChI is InChI=1S/C23H34O6/c1-18(24)15-28-19(2)16-26-13-7-11-22-9-5-6-10-23(22)12-8-14-27-17-20(3)29-21(4)25/h5-12,18-20,24H,13-17H2,1-4H3/b11-7+,12-8+. The van der Waals surface area contributed by atoms with Gasteiger partial charge >= 0.3 is 5.97 Å². The van der Waals surface area contributed by atoms with Crippen LogP contribution < -0.4 is 0 Å². The number of hydrogen-bond acceptors (Lipinski definition) is 6. The van der Waals surface area contributed by atoms with Crippen molar-refractivity contribution in [1.29, 1.82) is 0 Å². The monoisotopic (exact) mass is 406 g/mol. The zero-order valence-electron chi connectivity index (χ0n) is 17.9. The number of aliphatic hydroxyl groups is 1. The van der Waals surface area contributed by atoms with Gasteiger partial charge in [0.1, 0.15) is 6.10 Å². The number of ether oxygens (including phenoxy) is 4. The Balaban J connectivity index is 2.37. The first-order chi connectivity index (χ1) is 13.9. The Morgan fingerprint density at radius 3 is 1.93 bits per heavy atom. The van der Waals surface area contributed by atoms with E-state index in [1.807, 2.05) is 55.5 Å². The molecule has 1 aromatic rings. The number of esters is 1. The zero-order chi connectivity index (χ0) is 21.5. The number of carbonyl (C=O) groups excluding carboxylic acids is 1. The first kappa shape index (κ1) is 25.0. The molecule has 0 fully saturated rings. The van der Waals surface area contributed by atoms with Crippen LogP contribution in [0.25, 0.3) is 12.2 Å². The van der Waals surface area contributed by atoms with Crippen molar-refractivity contribution in [3.05, 3.63) is 47.5 Å².